The van der Waals surface area contributed by atoms with Crippen molar-refractivity contribution in [2.24, 2.45) is 0 Å². The molecule has 0 saturated heterocycles. The van der Waals surface area contributed by atoms with Crippen LogP contribution in [0.25, 0.3) is 0 Å². The Kier molecular flexibility index (Phi) is 5.59. The summed E-state index contributed by atoms with van der Waals surface area (Å²) in [6.45, 7) is 1.85. The van der Waals surface area contributed by atoms with E-state index in [4.69, 9.17) is 4.74 Å². The first-order valence-corrected chi connectivity index (χ1v) is 5.97. The molecule has 0 N–H and O–H groups in total. The van der Waals surface area contributed by atoms with Crippen LogP contribution in [0.2, 0.25) is 0 Å². The van der Waals surface area contributed by atoms with Gasteiger partial charge in [-0.1, -0.05) is 36.4 Å². The van der Waals surface area contributed by atoms with Crippen molar-refractivity contribution in [3.63, 3.8) is 0 Å². The zero-order valence-corrected chi connectivity index (χ0v) is 11.0. The highest BCUT2D eigenvalue weighted by atomic mass is 19.0. The standard InChI is InChI=1S/C16H14O3.FH/c1-12(18)14-7-8-15(10-17)16(9-14)19-11-13-5-3-2-4-6-13;/h2-10H,11H2,1H3;1H. The predicted molar refractivity (Wildman–Crippen MR) is 75.1 cm³/mol. The van der Waals surface area contributed by atoms with Crippen molar-refractivity contribution >= 4 is 12.1 Å². The molecular formula is C16H15FO3. The first-order valence-electron chi connectivity index (χ1n) is 5.97. The minimum absolute atomic E-state index is 0. The molecule has 0 aliphatic rings. The molecule has 0 heterocycles. The highest BCUT2D eigenvalue weighted by molar-refractivity contribution is 5.95. The largest absolute Gasteiger partial charge is 0.488 e. The van der Waals surface area contributed by atoms with E-state index in [-0.39, 0.29) is 10.5 Å². The topological polar surface area (TPSA) is 43.4 Å². The van der Waals surface area contributed by atoms with Crippen LogP contribution >= 0.6 is 0 Å². The van der Waals surface area contributed by atoms with Crippen LogP contribution < -0.4 is 4.74 Å². The van der Waals surface area contributed by atoms with Crippen LogP contribution in [0, 0.1) is 0 Å². The summed E-state index contributed by atoms with van der Waals surface area (Å²) in [5.74, 6) is 0.383. The SMILES string of the molecule is CC(=O)c1ccc(C=O)c(OCc2ccccc2)c1.F. The number of halogens is 1. The molecule has 4 heteroatoms. The predicted octanol–water partition coefficient (Wildman–Crippen LogP) is 3.43. The molecule has 0 spiro atoms. The molecule has 0 amide bonds. The molecule has 3 nitrogen and oxygen atoms in total. The molecule has 2 aromatic carbocycles. The normalized spacial score (nSPS) is 9.45. The first kappa shape index (κ1) is 15.6. The molecule has 0 saturated carbocycles. The number of hydrogen-bond donors (Lipinski definition) is 0. The molecule has 0 fully saturated rings. The molecular weight excluding hydrogens is 259 g/mol. The Morgan fingerprint density at radius 2 is 1.85 bits per heavy atom. The van der Waals surface area contributed by atoms with E-state index in [1.165, 1.54) is 6.92 Å². The van der Waals surface area contributed by atoms with E-state index in [0.717, 1.165) is 11.8 Å². The zero-order valence-electron chi connectivity index (χ0n) is 11.0. The van der Waals surface area contributed by atoms with E-state index in [2.05, 4.69) is 0 Å². The average Bonchev–Trinajstić information content (AvgIpc) is 2.45. The van der Waals surface area contributed by atoms with E-state index >= 15 is 0 Å². The fourth-order valence-corrected chi connectivity index (χ4v) is 1.71. The van der Waals surface area contributed by atoms with Gasteiger partial charge in [0.2, 0.25) is 0 Å². The number of rotatable bonds is 5. The van der Waals surface area contributed by atoms with E-state index in [9.17, 15) is 9.59 Å². The lowest BCUT2D eigenvalue weighted by molar-refractivity contribution is 0.101. The second-order valence-electron chi connectivity index (χ2n) is 4.20. The number of ketones is 1. The van der Waals surface area contributed by atoms with Gasteiger partial charge in [0.1, 0.15) is 12.4 Å². The number of ether oxygens (including phenoxy) is 1. The van der Waals surface area contributed by atoms with Crippen molar-refractivity contribution in [2.75, 3.05) is 0 Å². The van der Waals surface area contributed by atoms with Gasteiger partial charge in [-0.25, -0.2) is 0 Å². The van der Waals surface area contributed by atoms with Crippen LogP contribution in [-0.4, -0.2) is 12.1 Å². The molecule has 0 bridgehead atoms. The van der Waals surface area contributed by atoms with Crippen LogP contribution in [0.5, 0.6) is 5.75 Å². The summed E-state index contributed by atoms with van der Waals surface area (Å²) >= 11 is 0. The number of carbonyl (C=O) groups is 2. The molecule has 0 aliphatic heterocycles. The number of hydrogen-bond acceptors (Lipinski definition) is 3. The minimum Gasteiger partial charge on any atom is -0.488 e. The Hall–Kier alpha value is -2.49. The van der Waals surface area contributed by atoms with Gasteiger partial charge in [0, 0.05) is 5.56 Å². The van der Waals surface area contributed by atoms with E-state index < -0.39 is 0 Å². The molecule has 0 aromatic heterocycles. The molecule has 0 unspecified atom stereocenters. The summed E-state index contributed by atoms with van der Waals surface area (Å²) in [6, 6.07) is 14.5. The molecule has 2 aromatic rings. The molecule has 20 heavy (non-hydrogen) atoms. The van der Waals surface area contributed by atoms with Crippen LogP contribution in [0.4, 0.5) is 4.70 Å². The van der Waals surface area contributed by atoms with Crippen LogP contribution in [0.3, 0.4) is 0 Å². The van der Waals surface area contributed by atoms with Gasteiger partial charge < -0.3 is 4.74 Å². The van der Waals surface area contributed by atoms with Crippen molar-refractivity contribution in [1.29, 1.82) is 0 Å². The number of aldehydes is 1. The van der Waals surface area contributed by atoms with Crippen LogP contribution in [-0.2, 0) is 6.61 Å². The second-order valence-corrected chi connectivity index (χ2v) is 4.20. The number of Topliss-reactive ketones (excluding diaryl/α,β-unsaturated/α-hetero) is 1. The third-order valence-electron chi connectivity index (χ3n) is 2.78. The number of carbonyl (C=O) groups excluding carboxylic acids is 2. The van der Waals surface area contributed by atoms with Gasteiger partial charge in [-0.05, 0) is 24.6 Å². The lowest BCUT2D eigenvalue weighted by Crippen LogP contribution is -2.00. The fourth-order valence-electron chi connectivity index (χ4n) is 1.71. The van der Waals surface area contributed by atoms with Crippen molar-refractivity contribution in [1.82, 2.24) is 0 Å². The molecule has 0 radical (unpaired) electrons. The maximum absolute atomic E-state index is 11.3. The Labute approximate surface area is 116 Å². The highest BCUT2D eigenvalue weighted by Gasteiger charge is 2.07. The Bertz CT molecular complexity index is 594. The van der Waals surface area contributed by atoms with Gasteiger partial charge in [-0.15, -0.1) is 0 Å². The quantitative estimate of drug-likeness (QED) is 0.619. The van der Waals surface area contributed by atoms with Gasteiger partial charge in [-0.2, -0.15) is 0 Å². The minimum atomic E-state index is -0.0537. The van der Waals surface area contributed by atoms with Crippen molar-refractivity contribution in [3.05, 3.63) is 65.2 Å². The molecule has 104 valence electrons. The summed E-state index contributed by atoms with van der Waals surface area (Å²) in [7, 11) is 0. The molecule has 0 aliphatic carbocycles. The average molecular weight is 274 g/mol. The van der Waals surface area contributed by atoms with E-state index in [1.54, 1.807) is 18.2 Å². The smallest absolute Gasteiger partial charge is 0.159 e. The lowest BCUT2D eigenvalue weighted by atomic mass is 10.1. The number of benzene rings is 2. The fraction of sp³-hybridized carbons (Fsp3) is 0.125. The molecule has 0 atom stereocenters. The Balaban J connectivity index is 0.00000200. The van der Waals surface area contributed by atoms with Crippen molar-refractivity contribution < 1.29 is 19.0 Å². The van der Waals surface area contributed by atoms with E-state index in [1.807, 2.05) is 30.3 Å². The Morgan fingerprint density at radius 3 is 2.45 bits per heavy atom. The monoisotopic (exact) mass is 274 g/mol. The summed E-state index contributed by atoms with van der Waals surface area (Å²) in [6.07, 6.45) is 0.726. The Morgan fingerprint density at radius 1 is 1.15 bits per heavy atom. The second kappa shape index (κ2) is 7.19. The van der Waals surface area contributed by atoms with Crippen LogP contribution in [0.15, 0.2) is 48.5 Å². The lowest BCUT2D eigenvalue weighted by Gasteiger charge is -2.09. The molecule has 2 rings (SSSR count). The van der Waals surface area contributed by atoms with Gasteiger partial charge in [0.15, 0.2) is 12.1 Å². The summed E-state index contributed by atoms with van der Waals surface area (Å²) in [5, 5.41) is 0. The zero-order chi connectivity index (χ0) is 13.7. The van der Waals surface area contributed by atoms with Gasteiger partial charge in [0.05, 0.1) is 5.56 Å². The third-order valence-corrected chi connectivity index (χ3v) is 2.78. The summed E-state index contributed by atoms with van der Waals surface area (Å²) in [4.78, 5) is 22.3. The van der Waals surface area contributed by atoms with Crippen LogP contribution in [0.1, 0.15) is 33.2 Å². The van der Waals surface area contributed by atoms with Crippen molar-refractivity contribution in [3.8, 4) is 5.75 Å². The highest BCUT2D eigenvalue weighted by Crippen LogP contribution is 2.20. The summed E-state index contributed by atoms with van der Waals surface area (Å²) < 4.78 is 5.62. The third kappa shape index (κ3) is 3.75. The van der Waals surface area contributed by atoms with E-state index in [0.29, 0.717) is 23.5 Å². The maximum atomic E-state index is 11.3. The van der Waals surface area contributed by atoms with Gasteiger partial charge in [-0.3, -0.25) is 14.3 Å². The summed E-state index contributed by atoms with van der Waals surface area (Å²) in [5.41, 5.74) is 1.99. The maximum Gasteiger partial charge on any atom is 0.159 e. The first-order chi connectivity index (χ1) is 9.20. The van der Waals surface area contributed by atoms with Gasteiger partial charge in [0.25, 0.3) is 0 Å². The van der Waals surface area contributed by atoms with Crippen molar-refractivity contribution in [2.45, 2.75) is 13.5 Å². The van der Waals surface area contributed by atoms with Gasteiger partial charge >= 0.3 is 0 Å².